The van der Waals surface area contributed by atoms with Gasteiger partial charge in [0, 0.05) is 24.5 Å². The van der Waals surface area contributed by atoms with Gasteiger partial charge in [0.15, 0.2) is 0 Å². The highest BCUT2D eigenvalue weighted by Crippen LogP contribution is 2.15. The molecule has 2 nitrogen and oxygen atoms in total. The summed E-state index contributed by atoms with van der Waals surface area (Å²) in [5, 5.41) is 0. The van der Waals surface area contributed by atoms with Crippen LogP contribution in [0.15, 0.2) is 0 Å². The van der Waals surface area contributed by atoms with E-state index in [1.807, 2.05) is 0 Å². The summed E-state index contributed by atoms with van der Waals surface area (Å²) in [7, 11) is 0. The van der Waals surface area contributed by atoms with E-state index in [1.165, 1.54) is 0 Å². The number of carbonyl (C=O) groups excluding carboxylic acids is 1. The lowest BCUT2D eigenvalue weighted by atomic mass is 10.1. The standard InChI is InChI=1S/C11H23NO/c1-6-11(7-8-13)12(9(2)3)10(4)5/h8-11H,6-7H2,1-5H3. The summed E-state index contributed by atoms with van der Waals surface area (Å²) in [5.74, 6) is 0. The van der Waals surface area contributed by atoms with Gasteiger partial charge in [0.05, 0.1) is 0 Å². The van der Waals surface area contributed by atoms with Gasteiger partial charge in [-0.25, -0.2) is 0 Å². The average molecular weight is 185 g/mol. The Morgan fingerprint density at radius 2 is 1.62 bits per heavy atom. The highest BCUT2D eigenvalue weighted by Gasteiger charge is 2.21. The normalized spacial score (nSPS) is 14.2. The van der Waals surface area contributed by atoms with Gasteiger partial charge in [0.25, 0.3) is 0 Å². The van der Waals surface area contributed by atoms with Gasteiger partial charge in [-0.2, -0.15) is 0 Å². The largest absolute Gasteiger partial charge is 0.303 e. The van der Waals surface area contributed by atoms with E-state index in [2.05, 4.69) is 39.5 Å². The van der Waals surface area contributed by atoms with Crippen LogP contribution in [0.2, 0.25) is 0 Å². The van der Waals surface area contributed by atoms with Crippen molar-refractivity contribution in [3.05, 3.63) is 0 Å². The van der Waals surface area contributed by atoms with Crippen molar-refractivity contribution in [2.24, 2.45) is 0 Å². The maximum Gasteiger partial charge on any atom is 0.121 e. The highest BCUT2D eigenvalue weighted by molar-refractivity contribution is 5.50. The second-order valence-corrected chi connectivity index (χ2v) is 4.10. The molecule has 0 fully saturated rings. The molecule has 0 saturated heterocycles. The summed E-state index contributed by atoms with van der Waals surface area (Å²) in [6, 6.07) is 1.45. The predicted octanol–water partition coefficient (Wildman–Crippen LogP) is 2.47. The van der Waals surface area contributed by atoms with Gasteiger partial charge in [-0.1, -0.05) is 6.92 Å². The predicted molar refractivity (Wildman–Crippen MR) is 56.9 cm³/mol. The maximum atomic E-state index is 10.5. The minimum Gasteiger partial charge on any atom is -0.303 e. The van der Waals surface area contributed by atoms with Gasteiger partial charge in [-0.3, -0.25) is 4.90 Å². The van der Waals surface area contributed by atoms with Crippen LogP contribution in [-0.4, -0.2) is 29.3 Å². The van der Waals surface area contributed by atoms with Gasteiger partial charge in [-0.15, -0.1) is 0 Å². The highest BCUT2D eigenvalue weighted by atomic mass is 16.1. The average Bonchev–Trinajstić information content (AvgIpc) is 2.02. The molecule has 13 heavy (non-hydrogen) atoms. The van der Waals surface area contributed by atoms with Crippen LogP contribution >= 0.6 is 0 Å². The van der Waals surface area contributed by atoms with Gasteiger partial charge >= 0.3 is 0 Å². The van der Waals surface area contributed by atoms with Crippen LogP contribution in [0, 0.1) is 0 Å². The Labute approximate surface area is 82.3 Å². The minimum atomic E-state index is 0.414. The first-order valence-electron chi connectivity index (χ1n) is 5.25. The van der Waals surface area contributed by atoms with Crippen LogP contribution in [0.4, 0.5) is 0 Å². The van der Waals surface area contributed by atoms with E-state index in [9.17, 15) is 4.79 Å². The summed E-state index contributed by atoms with van der Waals surface area (Å²) in [5.41, 5.74) is 0. The summed E-state index contributed by atoms with van der Waals surface area (Å²) in [6.07, 6.45) is 2.74. The minimum absolute atomic E-state index is 0.414. The Bertz CT molecular complexity index is 135. The molecule has 1 atom stereocenters. The Morgan fingerprint density at radius 3 is 1.85 bits per heavy atom. The lowest BCUT2D eigenvalue weighted by Crippen LogP contribution is -2.44. The molecule has 0 bridgehead atoms. The number of aldehydes is 1. The molecule has 2 heteroatoms. The van der Waals surface area contributed by atoms with Crippen molar-refractivity contribution in [2.45, 2.75) is 65.6 Å². The molecule has 0 aromatic heterocycles. The van der Waals surface area contributed by atoms with E-state index in [-0.39, 0.29) is 0 Å². The van der Waals surface area contributed by atoms with Crippen molar-refractivity contribution in [2.75, 3.05) is 0 Å². The number of hydrogen-bond donors (Lipinski definition) is 0. The van der Waals surface area contributed by atoms with Crippen molar-refractivity contribution in [3.8, 4) is 0 Å². The summed E-state index contributed by atoms with van der Waals surface area (Å²) in [6.45, 7) is 10.9. The third-order valence-electron chi connectivity index (χ3n) is 2.45. The number of nitrogens with zero attached hydrogens (tertiary/aromatic N) is 1. The molecule has 1 unspecified atom stereocenters. The Balaban J connectivity index is 4.38. The van der Waals surface area contributed by atoms with Gasteiger partial charge in [0.1, 0.15) is 6.29 Å². The zero-order valence-electron chi connectivity index (χ0n) is 9.58. The molecule has 0 aliphatic heterocycles. The first-order chi connectivity index (χ1) is 6.04. The van der Waals surface area contributed by atoms with E-state index in [1.54, 1.807) is 0 Å². The maximum absolute atomic E-state index is 10.5. The molecule has 78 valence electrons. The Hall–Kier alpha value is -0.370. The first kappa shape index (κ1) is 12.6. The van der Waals surface area contributed by atoms with Crippen LogP contribution < -0.4 is 0 Å². The Kier molecular flexibility index (Phi) is 5.97. The van der Waals surface area contributed by atoms with Crippen molar-refractivity contribution in [3.63, 3.8) is 0 Å². The van der Waals surface area contributed by atoms with Gasteiger partial charge < -0.3 is 4.79 Å². The monoisotopic (exact) mass is 185 g/mol. The number of rotatable bonds is 6. The third kappa shape index (κ3) is 3.90. The molecule has 0 saturated carbocycles. The molecule has 0 spiro atoms. The quantitative estimate of drug-likeness (QED) is 0.592. The molecule has 0 aliphatic rings. The number of hydrogen-bond acceptors (Lipinski definition) is 2. The smallest absolute Gasteiger partial charge is 0.121 e. The molecular weight excluding hydrogens is 162 g/mol. The van der Waals surface area contributed by atoms with Crippen molar-refractivity contribution < 1.29 is 4.79 Å². The fraction of sp³-hybridized carbons (Fsp3) is 0.909. The summed E-state index contributed by atoms with van der Waals surface area (Å²) >= 11 is 0. The molecular formula is C11H23NO. The SMILES string of the molecule is CCC(CC=O)N(C(C)C)C(C)C. The van der Waals surface area contributed by atoms with E-state index in [0.29, 0.717) is 24.5 Å². The van der Waals surface area contributed by atoms with E-state index >= 15 is 0 Å². The van der Waals surface area contributed by atoms with Crippen LogP contribution in [0.25, 0.3) is 0 Å². The fourth-order valence-corrected chi connectivity index (χ4v) is 2.05. The molecule has 0 N–H and O–H groups in total. The van der Waals surface area contributed by atoms with Crippen molar-refractivity contribution in [1.82, 2.24) is 4.90 Å². The molecule has 0 aliphatic carbocycles. The zero-order valence-corrected chi connectivity index (χ0v) is 9.58. The lowest BCUT2D eigenvalue weighted by molar-refractivity contribution is -0.109. The van der Waals surface area contributed by atoms with Crippen LogP contribution in [0.1, 0.15) is 47.5 Å². The second kappa shape index (κ2) is 6.14. The lowest BCUT2D eigenvalue weighted by Gasteiger charge is -2.37. The summed E-state index contributed by atoms with van der Waals surface area (Å²) in [4.78, 5) is 12.9. The molecule has 0 radical (unpaired) electrons. The number of carbonyl (C=O) groups is 1. The van der Waals surface area contributed by atoms with E-state index in [4.69, 9.17) is 0 Å². The summed E-state index contributed by atoms with van der Waals surface area (Å²) < 4.78 is 0. The van der Waals surface area contributed by atoms with Gasteiger partial charge in [-0.05, 0) is 34.1 Å². The van der Waals surface area contributed by atoms with Crippen LogP contribution in [0.5, 0.6) is 0 Å². The van der Waals surface area contributed by atoms with Crippen molar-refractivity contribution >= 4 is 6.29 Å². The first-order valence-corrected chi connectivity index (χ1v) is 5.25. The molecule has 0 aromatic carbocycles. The van der Waals surface area contributed by atoms with Crippen LogP contribution in [-0.2, 0) is 4.79 Å². The molecule has 0 aromatic rings. The zero-order chi connectivity index (χ0) is 10.4. The van der Waals surface area contributed by atoms with Crippen LogP contribution in [0.3, 0.4) is 0 Å². The van der Waals surface area contributed by atoms with E-state index < -0.39 is 0 Å². The molecule has 0 amide bonds. The van der Waals surface area contributed by atoms with Crippen molar-refractivity contribution in [1.29, 1.82) is 0 Å². The van der Waals surface area contributed by atoms with Gasteiger partial charge in [0.2, 0.25) is 0 Å². The second-order valence-electron chi connectivity index (χ2n) is 4.10. The molecule has 0 heterocycles. The Morgan fingerprint density at radius 1 is 1.15 bits per heavy atom. The topological polar surface area (TPSA) is 20.3 Å². The fourth-order valence-electron chi connectivity index (χ4n) is 2.05. The third-order valence-corrected chi connectivity index (χ3v) is 2.45. The molecule has 0 rings (SSSR count). The van der Waals surface area contributed by atoms with E-state index in [0.717, 1.165) is 12.7 Å².